The van der Waals surface area contributed by atoms with Gasteiger partial charge in [-0.3, -0.25) is 0 Å². The summed E-state index contributed by atoms with van der Waals surface area (Å²) in [5, 5.41) is 0. The van der Waals surface area contributed by atoms with Gasteiger partial charge in [0.05, 0.1) is 0 Å². The van der Waals surface area contributed by atoms with Crippen LogP contribution in [0.2, 0.25) is 4.18 Å². The fourth-order valence-electron chi connectivity index (χ4n) is 0.0962. The van der Waals surface area contributed by atoms with Crippen molar-refractivity contribution < 1.29 is 4.79 Å². The Bertz CT molecular complexity index is 28.1. The van der Waals surface area contributed by atoms with E-state index in [-0.39, 0.29) is 0 Å². The molecule has 0 amide bonds. The second-order valence-electron chi connectivity index (χ2n) is 0.780. The Morgan fingerprint density at radius 2 is 2.60 bits per heavy atom. The molecule has 0 spiro atoms. The van der Waals surface area contributed by atoms with Crippen molar-refractivity contribution in [3.63, 3.8) is 0 Å². The Morgan fingerprint density at radius 3 is 2.60 bits per heavy atom. The SMILES string of the molecule is C[CH2][In][CH]=O. The van der Waals surface area contributed by atoms with Gasteiger partial charge in [-0.1, -0.05) is 0 Å². The minimum absolute atomic E-state index is 0.601. The Balaban J connectivity index is 2.40. The normalized spacial score (nSPS) is 6.60. The molecule has 0 aliphatic heterocycles. The zero-order valence-electron chi connectivity index (χ0n) is 3.27. The molecule has 0 atom stereocenters. The molecule has 0 aromatic carbocycles. The third-order valence-corrected chi connectivity index (χ3v) is 2.23. The Labute approximate surface area is 43.1 Å². The van der Waals surface area contributed by atoms with Crippen LogP contribution in [0.25, 0.3) is 0 Å². The monoisotopic (exact) mass is 173 g/mol. The number of hydrogen-bond donors (Lipinski definition) is 0. The predicted molar refractivity (Wildman–Crippen MR) is 23.0 cm³/mol. The van der Waals surface area contributed by atoms with Crippen LogP contribution in [0.3, 0.4) is 0 Å². The van der Waals surface area contributed by atoms with Crippen LogP contribution in [0.5, 0.6) is 0 Å². The van der Waals surface area contributed by atoms with Crippen LogP contribution in [-0.2, 0) is 4.79 Å². The summed E-state index contributed by atoms with van der Waals surface area (Å²) in [5.41, 5.74) is 0. The molecule has 0 saturated heterocycles. The molecule has 27 valence electrons. The molecule has 0 rings (SSSR count). The van der Waals surface area contributed by atoms with Gasteiger partial charge in [-0.25, -0.2) is 0 Å². The molecular formula is C3H6InO. The third-order valence-electron chi connectivity index (χ3n) is 0.332. The molecule has 0 aromatic rings. The summed E-state index contributed by atoms with van der Waals surface area (Å²) in [6, 6.07) is 0. The van der Waals surface area contributed by atoms with Crippen LogP contribution in [0.15, 0.2) is 0 Å². The van der Waals surface area contributed by atoms with Crippen molar-refractivity contribution in [2.24, 2.45) is 0 Å². The summed E-state index contributed by atoms with van der Waals surface area (Å²) in [6.07, 6.45) is 0. The van der Waals surface area contributed by atoms with Crippen molar-refractivity contribution in [3.8, 4) is 0 Å². The molecule has 5 heavy (non-hydrogen) atoms. The molecule has 2 heteroatoms. The second-order valence-corrected chi connectivity index (χ2v) is 5.23. The van der Waals surface area contributed by atoms with Crippen molar-refractivity contribution in [1.82, 2.24) is 0 Å². The first-order valence-electron chi connectivity index (χ1n) is 1.68. The summed E-state index contributed by atoms with van der Waals surface area (Å²) < 4.78 is 2.29. The minimum atomic E-state index is -0.601. The molecule has 0 saturated carbocycles. The van der Waals surface area contributed by atoms with Crippen LogP contribution in [0.4, 0.5) is 0 Å². The van der Waals surface area contributed by atoms with E-state index in [0.29, 0.717) is 0 Å². The number of hydrogen-bond acceptors (Lipinski definition) is 1. The van der Waals surface area contributed by atoms with E-state index in [1.165, 1.54) is 4.18 Å². The molecule has 0 fully saturated rings. The van der Waals surface area contributed by atoms with Gasteiger partial charge in [0.25, 0.3) is 0 Å². The van der Waals surface area contributed by atoms with Gasteiger partial charge in [0.15, 0.2) is 0 Å². The molecule has 0 aliphatic carbocycles. The van der Waals surface area contributed by atoms with E-state index in [2.05, 4.69) is 6.92 Å². The summed E-state index contributed by atoms with van der Waals surface area (Å²) in [5.74, 6) is 0. The van der Waals surface area contributed by atoms with E-state index in [9.17, 15) is 4.79 Å². The fourth-order valence-corrected chi connectivity index (χ4v) is 0.645. The summed E-state index contributed by atoms with van der Waals surface area (Å²) in [6.45, 7) is 2.06. The number of carbonyl (C=O) groups excluding carboxylic acids is 1. The fraction of sp³-hybridized carbons (Fsp3) is 0.667. The Kier molecular flexibility index (Phi) is 5.03. The van der Waals surface area contributed by atoms with Crippen LogP contribution in [0, 0.1) is 0 Å². The van der Waals surface area contributed by atoms with Crippen molar-refractivity contribution in [3.05, 3.63) is 0 Å². The van der Waals surface area contributed by atoms with E-state index in [1.807, 2.05) is 0 Å². The van der Waals surface area contributed by atoms with E-state index >= 15 is 0 Å². The van der Waals surface area contributed by atoms with Crippen LogP contribution < -0.4 is 0 Å². The maximum absolute atomic E-state index is 9.49. The quantitative estimate of drug-likeness (QED) is 0.549. The number of carbonyl (C=O) groups is 1. The van der Waals surface area contributed by atoms with Gasteiger partial charge in [-0.15, -0.1) is 0 Å². The van der Waals surface area contributed by atoms with Gasteiger partial charge in [0, 0.05) is 0 Å². The molecule has 1 nitrogen and oxygen atoms in total. The molecule has 0 bridgehead atoms. The Morgan fingerprint density at radius 1 is 2.00 bits per heavy atom. The first-order valence-corrected chi connectivity index (χ1v) is 5.92. The molecular weight excluding hydrogens is 167 g/mol. The van der Waals surface area contributed by atoms with Gasteiger partial charge < -0.3 is 0 Å². The van der Waals surface area contributed by atoms with Crippen LogP contribution in [-0.4, -0.2) is 26.9 Å². The van der Waals surface area contributed by atoms with Crippen molar-refractivity contribution in [1.29, 1.82) is 0 Å². The molecule has 0 unspecified atom stereocenters. The molecule has 0 heterocycles. The van der Waals surface area contributed by atoms with Crippen LogP contribution in [0.1, 0.15) is 6.92 Å². The average Bonchev–Trinajstić information content (AvgIpc) is 1.41. The van der Waals surface area contributed by atoms with Gasteiger partial charge in [-0.2, -0.15) is 0 Å². The van der Waals surface area contributed by atoms with E-state index < -0.39 is 22.9 Å². The number of rotatable bonds is 2. The molecule has 0 N–H and O–H groups in total. The van der Waals surface area contributed by atoms with Gasteiger partial charge in [0.2, 0.25) is 0 Å². The molecule has 0 aromatic heterocycles. The molecule has 1 radical (unpaired) electrons. The first kappa shape index (κ1) is 5.54. The first-order chi connectivity index (χ1) is 2.41. The summed E-state index contributed by atoms with van der Waals surface area (Å²) in [7, 11) is 0. The second kappa shape index (κ2) is 4.54. The third kappa shape index (κ3) is 4.54. The maximum atomic E-state index is 9.49. The van der Waals surface area contributed by atoms with Crippen molar-refractivity contribution in [2.75, 3.05) is 0 Å². The zero-order valence-corrected chi connectivity index (χ0v) is 6.57. The Hall–Kier alpha value is 0.540. The van der Waals surface area contributed by atoms with E-state index in [4.69, 9.17) is 0 Å². The van der Waals surface area contributed by atoms with Crippen molar-refractivity contribution in [2.45, 2.75) is 11.1 Å². The summed E-state index contributed by atoms with van der Waals surface area (Å²) in [4.78, 5) is 9.49. The van der Waals surface area contributed by atoms with Crippen molar-refractivity contribution >= 4 is 26.9 Å². The summed E-state index contributed by atoms with van der Waals surface area (Å²) >= 11 is -0.601. The molecule has 0 aliphatic rings. The van der Waals surface area contributed by atoms with Gasteiger partial charge in [0.1, 0.15) is 0 Å². The van der Waals surface area contributed by atoms with Crippen LogP contribution >= 0.6 is 0 Å². The zero-order chi connectivity index (χ0) is 4.12. The van der Waals surface area contributed by atoms with Gasteiger partial charge in [-0.05, 0) is 0 Å². The van der Waals surface area contributed by atoms with E-state index in [0.717, 1.165) is 4.04 Å². The van der Waals surface area contributed by atoms with Gasteiger partial charge >= 0.3 is 42.8 Å². The topological polar surface area (TPSA) is 17.1 Å². The standard InChI is InChI=1S/C2H5.CHO.In/c2*1-2;/h1H2,2H3;1H;. The van der Waals surface area contributed by atoms with E-state index in [1.54, 1.807) is 0 Å². The average molecular weight is 173 g/mol. The predicted octanol–water partition coefficient (Wildman–Crippen LogP) is 0.319.